The van der Waals surface area contributed by atoms with Crippen molar-refractivity contribution in [3.05, 3.63) is 48.0 Å². The second-order valence-electron chi connectivity index (χ2n) is 7.81. The highest BCUT2D eigenvalue weighted by Crippen LogP contribution is 2.34. The van der Waals surface area contributed by atoms with Crippen molar-refractivity contribution >= 4 is 21.6 Å². The van der Waals surface area contributed by atoms with Gasteiger partial charge in [0.1, 0.15) is 0 Å². The number of hydrogen-bond donors (Lipinski definition) is 1. The van der Waals surface area contributed by atoms with Crippen LogP contribution in [-0.2, 0) is 10.0 Å². The Morgan fingerprint density at radius 2 is 1.66 bits per heavy atom. The Bertz CT molecular complexity index is 1010. The Morgan fingerprint density at radius 3 is 2.34 bits per heavy atom. The third kappa shape index (κ3) is 4.09. The van der Waals surface area contributed by atoms with Crippen molar-refractivity contribution < 1.29 is 22.7 Å². The molecule has 154 valence electrons. The quantitative estimate of drug-likeness (QED) is 0.826. The van der Waals surface area contributed by atoms with E-state index in [4.69, 9.17) is 9.47 Å². The molecule has 2 aliphatic heterocycles. The van der Waals surface area contributed by atoms with E-state index in [1.807, 2.05) is 0 Å². The van der Waals surface area contributed by atoms with Crippen LogP contribution in [0.25, 0.3) is 0 Å². The van der Waals surface area contributed by atoms with Gasteiger partial charge < -0.3 is 14.8 Å². The fraction of sp³-hybridized carbons (Fsp3) is 0.381. The second-order valence-corrected chi connectivity index (χ2v) is 9.75. The molecule has 2 aromatic rings. The number of hydrogen-bond acceptors (Lipinski definition) is 5. The van der Waals surface area contributed by atoms with Gasteiger partial charge in [0.05, 0.1) is 4.90 Å². The van der Waals surface area contributed by atoms with E-state index >= 15 is 0 Å². The number of piperidine rings is 1. The number of ether oxygens (including phenoxy) is 2. The van der Waals surface area contributed by atoms with Crippen LogP contribution in [0, 0.1) is 11.8 Å². The van der Waals surface area contributed by atoms with Gasteiger partial charge in [-0.15, -0.1) is 0 Å². The van der Waals surface area contributed by atoms with Crippen LogP contribution in [0.1, 0.15) is 30.6 Å². The van der Waals surface area contributed by atoms with Gasteiger partial charge in [0, 0.05) is 30.4 Å². The van der Waals surface area contributed by atoms with E-state index in [0.717, 1.165) is 6.42 Å². The molecule has 1 amide bonds. The number of rotatable bonds is 4. The zero-order valence-electron chi connectivity index (χ0n) is 16.4. The lowest BCUT2D eigenvalue weighted by Crippen LogP contribution is -2.42. The number of anilines is 1. The monoisotopic (exact) mass is 416 g/mol. The van der Waals surface area contributed by atoms with Gasteiger partial charge in [0.2, 0.25) is 16.8 Å². The van der Waals surface area contributed by atoms with E-state index in [9.17, 15) is 13.2 Å². The minimum atomic E-state index is -3.56. The molecule has 7 nitrogen and oxygen atoms in total. The van der Waals surface area contributed by atoms with Crippen molar-refractivity contribution in [2.24, 2.45) is 11.8 Å². The number of nitrogens with zero attached hydrogens (tertiary/aromatic N) is 1. The molecule has 0 bridgehead atoms. The Balaban J connectivity index is 1.47. The molecule has 29 heavy (non-hydrogen) atoms. The lowest BCUT2D eigenvalue weighted by Gasteiger charge is -2.34. The first-order valence-corrected chi connectivity index (χ1v) is 11.1. The number of carbonyl (C=O) groups is 1. The average molecular weight is 416 g/mol. The summed E-state index contributed by atoms with van der Waals surface area (Å²) in [5, 5.41) is 2.79. The predicted octanol–water partition coefficient (Wildman–Crippen LogP) is 3.33. The van der Waals surface area contributed by atoms with Gasteiger partial charge in [-0.1, -0.05) is 13.8 Å². The van der Waals surface area contributed by atoms with Crippen LogP contribution in [0.15, 0.2) is 47.4 Å². The summed E-state index contributed by atoms with van der Waals surface area (Å²) in [6.07, 6.45) is 1.03. The van der Waals surface area contributed by atoms with Crippen molar-refractivity contribution in [3.63, 3.8) is 0 Å². The van der Waals surface area contributed by atoms with Crippen LogP contribution in [0.5, 0.6) is 11.5 Å². The minimum Gasteiger partial charge on any atom is -0.454 e. The Kier molecular flexibility index (Phi) is 5.23. The Labute approximate surface area is 170 Å². The standard InChI is InChI=1S/C21H24N2O5S/c1-14-9-15(2)12-23(11-14)29(25,26)18-6-3-16(4-7-18)21(24)22-17-5-8-19-20(10-17)28-13-27-19/h3-8,10,14-15H,9,11-13H2,1-2H3,(H,22,24)/t14-,15+. The first-order chi connectivity index (χ1) is 13.8. The summed E-state index contributed by atoms with van der Waals surface area (Å²) >= 11 is 0. The highest BCUT2D eigenvalue weighted by Gasteiger charge is 2.31. The van der Waals surface area contributed by atoms with Gasteiger partial charge in [-0.25, -0.2) is 8.42 Å². The minimum absolute atomic E-state index is 0.164. The predicted molar refractivity (Wildman–Crippen MR) is 109 cm³/mol. The topological polar surface area (TPSA) is 84.9 Å². The maximum Gasteiger partial charge on any atom is 0.255 e. The maximum atomic E-state index is 13.0. The molecule has 1 N–H and O–H groups in total. The van der Waals surface area contributed by atoms with E-state index < -0.39 is 10.0 Å². The Morgan fingerprint density at radius 1 is 1.00 bits per heavy atom. The molecule has 2 atom stereocenters. The van der Waals surface area contributed by atoms with Crippen LogP contribution in [0.4, 0.5) is 5.69 Å². The number of benzene rings is 2. The molecule has 0 spiro atoms. The summed E-state index contributed by atoms with van der Waals surface area (Å²) in [6, 6.07) is 11.2. The van der Waals surface area contributed by atoms with Crippen LogP contribution in [0.2, 0.25) is 0 Å². The van der Waals surface area contributed by atoms with Gasteiger partial charge in [-0.3, -0.25) is 4.79 Å². The molecule has 2 aromatic carbocycles. The van der Waals surface area contributed by atoms with E-state index in [1.54, 1.807) is 22.5 Å². The summed E-state index contributed by atoms with van der Waals surface area (Å²) < 4.78 is 38.0. The maximum absolute atomic E-state index is 13.0. The van der Waals surface area contributed by atoms with Crippen molar-refractivity contribution in [3.8, 4) is 11.5 Å². The average Bonchev–Trinajstić information content (AvgIpc) is 3.15. The Hall–Kier alpha value is -2.58. The van der Waals surface area contributed by atoms with Gasteiger partial charge >= 0.3 is 0 Å². The lowest BCUT2D eigenvalue weighted by molar-refractivity contribution is 0.102. The van der Waals surface area contributed by atoms with Crippen LogP contribution in [-0.4, -0.2) is 38.5 Å². The summed E-state index contributed by atoms with van der Waals surface area (Å²) in [4.78, 5) is 12.7. The molecule has 0 aliphatic carbocycles. The first kappa shape index (κ1) is 19.7. The molecular formula is C21H24N2O5S. The highest BCUT2D eigenvalue weighted by molar-refractivity contribution is 7.89. The van der Waals surface area contributed by atoms with Gasteiger partial charge in [-0.2, -0.15) is 4.31 Å². The fourth-order valence-corrected chi connectivity index (χ4v) is 5.59. The molecule has 0 radical (unpaired) electrons. The highest BCUT2D eigenvalue weighted by atomic mass is 32.2. The zero-order chi connectivity index (χ0) is 20.6. The van der Waals surface area contributed by atoms with Crippen molar-refractivity contribution in [1.29, 1.82) is 0 Å². The molecule has 1 saturated heterocycles. The van der Waals surface area contributed by atoms with E-state index in [1.165, 1.54) is 24.3 Å². The molecule has 2 aliphatic rings. The van der Waals surface area contributed by atoms with Crippen LogP contribution < -0.4 is 14.8 Å². The number of sulfonamides is 1. The van der Waals surface area contributed by atoms with Gasteiger partial charge in [-0.05, 0) is 54.7 Å². The number of amides is 1. The fourth-order valence-electron chi connectivity index (χ4n) is 3.91. The molecule has 8 heteroatoms. The van der Waals surface area contributed by atoms with E-state index in [0.29, 0.717) is 47.7 Å². The zero-order valence-corrected chi connectivity index (χ0v) is 17.2. The lowest BCUT2D eigenvalue weighted by atomic mass is 9.94. The molecule has 0 saturated carbocycles. The van der Waals surface area contributed by atoms with E-state index in [-0.39, 0.29) is 17.6 Å². The van der Waals surface area contributed by atoms with Crippen LogP contribution >= 0.6 is 0 Å². The molecule has 4 rings (SSSR count). The molecule has 2 heterocycles. The van der Waals surface area contributed by atoms with Gasteiger partial charge in [0.25, 0.3) is 5.91 Å². The SMILES string of the molecule is C[C@@H]1C[C@H](C)CN(S(=O)(=O)c2ccc(C(=O)Nc3ccc4c(c3)OCO4)cc2)C1. The molecular weight excluding hydrogens is 392 g/mol. The summed E-state index contributed by atoms with van der Waals surface area (Å²) in [6.45, 7) is 5.36. The van der Waals surface area contributed by atoms with E-state index in [2.05, 4.69) is 19.2 Å². The van der Waals surface area contributed by atoms with Crippen LogP contribution in [0.3, 0.4) is 0 Å². The smallest absolute Gasteiger partial charge is 0.255 e. The third-order valence-electron chi connectivity index (χ3n) is 5.22. The summed E-state index contributed by atoms with van der Waals surface area (Å²) in [7, 11) is -3.56. The number of fused-ring (bicyclic) bond motifs is 1. The number of carbonyl (C=O) groups excluding carboxylic acids is 1. The molecule has 0 aromatic heterocycles. The number of nitrogens with one attached hydrogen (secondary N) is 1. The van der Waals surface area contributed by atoms with Crippen molar-refractivity contribution in [1.82, 2.24) is 4.31 Å². The first-order valence-electron chi connectivity index (χ1n) is 9.64. The summed E-state index contributed by atoms with van der Waals surface area (Å²) in [5.74, 6) is 1.56. The summed E-state index contributed by atoms with van der Waals surface area (Å²) in [5.41, 5.74) is 0.953. The largest absolute Gasteiger partial charge is 0.454 e. The van der Waals surface area contributed by atoms with Crippen molar-refractivity contribution in [2.75, 3.05) is 25.2 Å². The molecule has 1 fully saturated rings. The van der Waals surface area contributed by atoms with Crippen molar-refractivity contribution in [2.45, 2.75) is 25.2 Å². The normalized spacial score (nSPS) is 21.7. The second kappa shape index (κ2) is 7.68. The molecule has 0 unspecified atom stereocenters. The third-order valence-corrected chi connectivity index (χ3v) is 7.07. The van der Waals surface area contributed by atoms with Gasteiger partial charge in [0.15, 0.2) is 11.5 Å².